The summed E-state index contributed by atoms with van der Waals surface area (Å²) in [7, 11) is 0. The van der Waals surface area contributed by atoms with E-state index < -0.39 is 0 Å². The molecule has 1 aromatic heterocycles. The molecule has 6 nitrogen and oxygen atoms in total. The van der Waals surface area contributed by atoms with Gasteiger partial charge in [0.15, 0.2) is 0 Å². The van der Waals surface area contributed by atoms with E-state index in [2.05, 4.69) is 15.5 Å². The summed E-state index contributed by atoms with van der Waals surface area (Å²) in [5.74, 6) is 0.940. The van der Waals surface area contributed by atoms with Crippen molar-refractivity contribution >= 4 is 5.91 Å². The molecule has 0 radical (unpaired) electrons. The average Bonchev–Trinajstić information content (AvgIpc) is 3.02. The smallest absolute Gasteiger partial charge is 0.247 e. The van der Waals surface area contributed by atoms with Crippen LogP contribution in [0.1, 0.15) is 38.1 Å². The van der Waals surface area contributed by atoms with Crippen molar-refractivity contribution in [1.82, 2.24) is 15.5 Å². The molecule has 6 heteroatoms. The number of ether oxygens (including phenoxy) is 1. The summed E-state index contributed by atoms with van der Waals surface area (Å²) >= 11 is 0. The third-order valence-electron chi connectivity index (χ3n) is 3.43. The first-order valence-corrected chi connectivity index (χ1v) is 8.32. The molecule has 0 saturated carbocycles. The first kappa shape index (κ1) is 18.1. The molecule has 1 aromatic carbocycles. The number of benzene rings is 1. The summed E-state index contributed by atoms with van der Waals surface area (Å²) in [5.41, 5.74) is 2.06. The maximum Gasteiger partial charge on any atom is 0.247 e. The lowest BCUT2D eigenvalue weighted by molar-refractivity contribution is -0.121. The highest BCUT2D eigenvalue weighted by atomic mass is 16.5. The monoisotopic (exact) mass is 331 g/mol. The summed E-state index contributed by atoms with van der Waals surface area (Å²) < 4.78 is 11.0. The van der Waals surface area contributed by atoms with Gasteiger partial charge >= 0.3 is 0 Å². The number of nitrogens with zero attached hydrogens (tertiary/aromatic N) is 2. The predicted molar refractivity (Wildman–Crippen MR) is 91.5 cm³/mol. The summed E-state index contributed by atoms with van der Waals surface area (Å²) in [6.07, 6.45) is 1.80. The molecule has 0 fully saturated rings. The molecule has 0 aliphatic heterocycles. The molecule has 1 amide bonds. The third-order valence-corrected chi connectivity index (χ3v) is 3.43. The highest BCUT2D eigenvalue weighted by Crippen LogP contribution is 2.18. The van der Waals surface area contributed by atoms with Gasteiger partial charge in [-0.25, -0.2) is 0 Å². The maximum absolute atomic E-state index is 11.8. The Labute approximate surface area is 142 Å². The molecular formula is C18H25N3O3. The maximum atomic E-state index is 11.8. The topological polar surface area (TPSA) is 77.2 Å². The molecule has 2 rings (SSSR count). The fourth-order valence-electron chi connectivity index (χ4n) is 2.10. The Morgan fingerprint density at radius 3 is 2.71 bits per heavy atom. The van der Waals surface area contributed by atoms with E-state index in [1.807, 2.05) is 45.0 Å². The van der Waals surface area contributed by atoms with Crippen molar-refractivity contribution in [1.29, 1.82) is 0 Å². The average molecular weight is 331 g/mol. The second-order valence-corrected chi connectivity index (χ2v) is 5.99. The van der Waals surface area contributed by atoms with E-state index >= 15 is 0 Å². The molecule has 0 bridgehead atoms. The number of carbonyl (C=O) groups excluding carboxylic acids is 1. The van der Waals surface area contributed by atoms with Gasteiger partial charge in [-0.15, -0.1) is 10.2 Å². The van der Waals surface area contributed by atoms with E-state index in [0.29, 0.717) is 37.8 Å². The summed E-state index contributed by atoms with van der Waals surface area (Å²) in [6, 6.07) is 7.88. The van der Waals surface area contributed by atoms with E-state index in [0.717, 1.165) is 12.0 Å². The standard InChI is InChI=1S/C18H25N3O3/c1-13(2)23-12-4-11-19-16(22)9-10-17-20-21-18(24-17)15-7-5-14(3)6-8-15/h5-8,13H,4,9-12H2,1-3H3,(H,19,22). The van der Waals surface area contributed by atoms with Crippen LogP contribution in [-0.2, 0) is 16.0 Å². The highest BCUT2D eigenvalue weighted by molar-refractivity contribution is 5.75. The van der Waals surface area contributed by atoms with Crippen LogP contribution in [0.5, 0.6) is 0 Å². The van der Waals surface area contributed by atoms with Crippen molar-refractivity contribution in [3.05, 3.63) is 35.7 Å². The van der Waals surface area contributed by atoms with Crippen LogP contribution in [0.25, 0.3) is 11.5 Å². The van der Waals surface area contributed by atoms with Crippen LogP contribution >= 0.6 is 0 Å². The Balaban J connectivity index is 1.71. The minimum absolute atomic E-state index is 0.0189. The highest BCUT2D eigenvalue weighted by Gasteiger charge is 2.10. The molecule has 0 saturated heterocycles. The van der Waals surface area contributed by atoms with Gasteiger partial charge in [0.05, 0.1) is 6.10 Å². The fourth-order valence-corrected chi connectivity index (χ4v) is 2.10. The first-order chi connectivity index (χ1) is 11.5. The zero-order valence-corrected chi connectivity index (χ0v) is 14.5. The minimum atomic E-state index is -0.0189. The molecule has 0 atom stereocenters. The molecule has 0 aliphatic carbocycles. The number of amides is 1. The SMILES string of the molecule is Cc1ccc(-c2nnc(CCC(=O)NCCCOC(C)C)o2)cc1. The molecule has 2 aromatic rings. The number of carbonyl (C=O) groups is 1. The van der Waals surface area contributed by atoms with E-state index in [1.54, 1.807) is 0 Å². The summed E-state index contributed by atoms with van der Waals surface area (Å²) in [6.45, 7) is 7.28. The van der Waals surface area contributed by atoms with E-state index in [1.165, 1.54) is 5.56 Å². The zero-order valence-electron chi connectivity index (χ0n) is 14.5. The van der Waals surface area contributed by atoms with Crippen LogP contribution < -0.4 is 5.32 Å². The van der Waals surface area contributed by atoms with Crippen molar-refractivity contribution in [3.8, 4) is 11.5 Å². The van der Waals surface area contributed by atoms with E-state index in [4.69, 9.17) is 9.15 Å². The minimum Gasteiger partial charge on any atom is -0.421 e. The lowest BCUT2D eigenvalue weighted by Gasteiger charge is -2.07. The van der Waals surface area contributed by atoms with Gasteiger partial charge in [-0.3, -0.25) is 4.79 Å². The van der Waals surface area contributed by atoms with Gasteiger partial charge in [0.25, 0.3) is 0 Å². The Kier molecular flexibility index (Phi) is 6.93. The quantitative estimate of drug-likeness (QED) is 0.715. The van der Waals surface area contributed by atoms with Crippen LogP contribution in [0.2, 0.25) is 0 Å². The third kappa shape index (κ3) is 6.12. The molecule has 0 aliphatic rings. The molecule has 24 heavy (non-hydrogen) atoms. The zero-order chi connectivity index (χ0) is 17.4. The van der Waals surface area contributed by atoms with Gasteiger partial charge < -0.3 is 14.5 Å². The Hall–Kier alpha value is -2.21. The number of hydrogen-bond donors (Lipinski definition) is 1. The number of nitrogens with one attached hydrogen (secondary N) is 1. The van der Waals surface area contributed by atoms with Crippen molar-refractivity contribution in [2.75, 3.05) is 13.2 Å². The predicted octanol–water partition coefficient (Wildman–Crippen LogP) is 2.91. The second kappa shape index (κ2) is 9.17. The largest absolute Gasteiger partial charge is 0.421 e. The molecule has 1 heterocycles. The fraction of sp³-hybridized carbons (Fsp3) is 0.500. The number of hydrogen-bond acceptors (Lipinski definition) is 5. The second-order valence-electron chi connectivity index (χ2n) is 5.99. The Bertz CT molecular complexity index is 635. The van der Waals surface area contributed by atoms with Crippen LogP contribution in [0.3, 0.4) is 0 Å². The van der Waals surface area contributed by atoms with Crippen molar-refractivity contribution < 1.29 is 13.9 Å². The number of aryl methyl sites for hydroxylation is 2. The van der Waals surface area contributed by atoms with Gasteiger partial charge in [-0.2, -0.15) is 0 Å². The molecule has 1 N–H and O–H groups in total. The number of aromatic nitrogens is 2. The van der Waals surface area contributed by atoms with Gasteiger partial charge in [0.2, 0.25) is 17.7 Å². The van der Waals surface area contributed by atoms with E-state index in [9.17, 15) is 4.79 Å². The molecule has 0 unspecified atom stereocenters. The number of rotatable bonds is 9. The van der Waals surface area contributed by atoms with Crippen LogP contribution in [0.15, 0.2) is 28.7 Å². The lowest BCUT2D eigenvalue weighted by Crippen LogP contribution is -2.25. The normalized spacial score (nSPS) is 11.0. The molecule has 130 valence electrons. The van der Waals surface area contributed by atoms with Gasteiger partial charge in [-0.05, 0) is 39.3 Å². The van der Waals surface area contributed by atoms with Gasteiger partial charge in [0, 0.05) is 31.6 Å². The lowest BCUT2D eigenvalue weighted by atomic mass is 10.1. The first-order valence-electron chi connectivity index (χ1n) is 8.32. The molecule has 0 spiro atoms. The summed E-state index contributed by atoms with van der Waals surface area (Å²) in [5, 5.41) is 10.9. The molecular weight excluding hydrogens is 306 g/mol. The van der Waals surface area contributed by atoms with Crippen molar-refractivity contribution in [3.63, 3.8) is 0 Å². The van der Waals surface area contributed by atoms with Gasteiger partial charge in [0.1, 0.15) is 0 Å². The summed E-state index contributed by atoms with van der Waals surface area (Å²) in [4.78, 5) is 11.8. The van der Waals surface area contributed by atoms with Gasteiger partial charge in [-0.1, -0.05) is 17.7 Å². The Morgan fingerprint density at radius 1 is 1.25 bits per heavy atom. The van der Waals surface area contributed by atoms with Crippen molar-refractivity contribution in [2.45, 2.75) is 46.1 Å². The van der Waals surface area contributed by atoms with E-state index in [-0.39, 0.29) is 12.0 Å². The van der Waals surface area contributed by atoms with Crippen LogP contribution in [-0.4, -0.2) is 35.4 Å². The van der Waals surface area contributed by atoms with Crippen LogP contribution in [0.4, 0.5) is 0 Å². The van der Waals surface area contributed by atoms with Crippen LogP contribution in [0, 0.1) is 6.92 Å². The Morgan fingerprint density at radius 2 is 2.00 bits per heavy atom. The van der Waals surface area contributed by atoms with Crippen molar-refractivity contribution in [2.24, 2.45) is 0 Å².